The van der Waals surface area contributed by atoms with Gasteiger partial charge >= 0.3 is 0 Å². The normalized spacial score (nSPS) is 16.2. The molecule has 6 nitrogen and oxygen atoms in total. The molecule has 2 N–H and O–H groups in total. The molecule has 0 aliphatic carbocycles. The first kappa shape index (κ1) is 26.2. The highest BCUT2D eigenvalue weighted by atomic mass is 32.2. The number of anilines is 1. The Balaban J connectivity index is 0.000000410. The molecule has 1 unspecified atom stereocenters. The Morgan fingerprint density at radius 1 is 1.21 bits per heavy atom. The molecule has 7 heteroatoms. The summed E-state index contributed by atoms with van der Waals surface area (Å²) >= 11 is 0. The molecular formula is C26H35N3O3S. The van der Waals surface area contributed by atoms with Crippen LogP contribution in [-0.4, -0.2) is 40.0 Å². The van der Waals surface area contributed by atoms with E-state index in [4.69, 9.17) is 9.53 Å². The van der Waals surface area contributed by atoms with Crippen molar-refractivity contribution in [1.82, 2.24) is 9.29 Å². The fraction of sp³-hybridized carbons (Fsp3) is 0.308. The second-order valence-corrected chi connectivity index (χ2v) is 9.90. The van der Waals surface area contributed by atoms with Crippen LogP contribution in [0.5, 0.6) is 5.75 Å². The van der Waals surface area contributed by atoms with E-state index in [9.17, 15) is 4.21 Å². The highest BCUT2D eigenvalue weighted by Gasteiger charge is 2.20. The van der Waals surface area contributed by atoms with Crippen LogP contribution in [0, 0.1) is 13.8 Å². The van der Waals surface area contributed by atoms with E-state index in [-0.39, 0.29) is 0 Å². The molecule has 1 fully saturated rings. The average molecular weight is 470 g/mol. The summed E-state index contributed by atoms with van der Waals surface area (Å²) in [6.07, 6.45) is 10.8. The summed E-state index contributed by atoms with van der Waals surface area (Å²) in [6.45, 7) is 16.0. The Bertz CT molecular complexity index is 1120. The molecule has 0 spiro atoms. The number of carbonyl (C=O) groups excluding carboxylic acids is 1. The Morgan fingerprint density at radius 3 is 2.45 bits per heavy atom. The molecule has 1 aromatic carbocycles. The van der Waals surface area contributed by atoms with Gasteiger partial charge in [-0.2, -0.15) is 0 Å². The van der Waals surface area contributed by atoms with Crippen LogP contribution >= 0.6 is 0 Å². The second-order valence-electron chi connectivity index (χ2n) is 7.75. The molecular weight excluding hydrogens is 434 g/mol. The number of fused-ring (bicyclic) bond motifs is 1. The quantitative estimate of drug-likeness (QED) is 0.385. The lowest BCUT2D eigenvalue weighted by molar-refractivity contribution is -0.106. The Labute approximate surface area is 198 Å². The molecule has 0 radical (unpaired) electrons. The number of aryl methyl sites for hydroxylation is 1. The fourth-order valence-electron chi connectivity index (χ4n) is 3.37. The van der Waals surface area contributed by atoms with E-state index >= 15 is 0 Å². The van der Waals surface area contributed by atoms with Crippen molar-refractivity contribution in [2.24, 2.45) is 0 Å². The first-order valence-electron chi connectivity index (χ1n) is 10.9. The van der Waals surface area contributed by atoms with E-state index < -0.39 is 9.71 Å². The van der Waals surface area contributed by atoms with Crippen molar-refractivity contribution in [1.29, 1.82) is 0 Å². The number of ether oxygens (including phenoxy) is 1. The maximum Gasteiger partial charge on any atom is 0.143 e. The van der Waals surface area contributed by atoms with Crippen molar-refractivity contribution in [3.05, 3.63) is 72.2 Å². The van der Waals surface area contributed by atoms with Gasteiger partial charge in [0.15, 0.2) is 0 Å². The van der Waals surface area contributed by atoms with E-state index in [0.29, 0.717) is 11.5 Å². The van der Waals surface area contributed by atoms with Crippen LogP contribution in [0.4, 0.5) is 5.69 Å². The first-order chi connectivity index (χ1) is 15.8. The van der Waals surface area contributed by atoms with Crippen LogP contribution in [-0.2, 0) is 14.5 Å². The van der Waals surface area contributed by atoms with Gasteiger partial charge in [-0.05, 0) is 88.0 Å². The number of hydrogen-bond acceptors (Lipinski definition) is 5. The van der Waals surface area contributed by atoms with E-state index in [2.05, 4.69) is 29.7 Å². The highest BCUT2D eigenvalue weighted by Crippen LogP contribution is 2.33. The number of aromatic nitrogens is 1. The zero-order valence-corrected chi connectivity index (χ0v) is 20.7. The molecule has 4 rings (SSSR count). The maximum atomic E-state index is 13.6. The Kier molecular flexibility index (Phi) is 9.75. The minimum atomic E-state index is -2.75. The van der Waals surface area contributed by atoms with E-state index in [0.717, 1.165) is 40.2 Å². The van der Waals surface area contributed by atoms with Crippen LogP contribution < -0.4 is 15.4 Å². The lowest BCUT2D eigenvalue weighted by atomic mass is 10.2. The van der Waals surface area contributed by atoms with Gasteiger partial charge in [-0.25, -0.2) is 4.21 Å². The summed E-state index contributed by atoms with van der Waals surface area (Å²) in [4.78, 5) is 9.43. The number of allylic oxidation sites excluding steroid dienone is 2. The van der Waals surface area contributed by atoms with Gasteiger partial charge in [0, 0.05) is 11.9 Å². The molecule has 0 amide bonds. The van der Waals surface area contributed by atoms with Crippen LogP contribution in [0.25, 0.3) is 6.08 Å². The average Bonchev–Trinajstić information content (AvgIpc) is 3.46. The Morgan fingerprint density at radius 2 is 1.88 bits per heavy atom. The molecule has 1 saturated heterocycles. The van der Waals surface area contributed by atoms with Crippen molar-refractivity contribution in [2.45, 2.75) is 38.5 Å². The summed E-state index contributed by atoms with van der Waals surface area (Å²) in [5.41, 5.74) is 4.52. The number of hydrogen-bond donors (Lipinski definition) is 2. The summed E-state index contributed by atoms with van der Waals surface area (Å²) in [5, 5.41) is 6.40. The molecule has 1 atom stereocenters. The lowest BCUT2D eigenvalue weighted by Crippen LogP contribution is -2.17. The van der Waals surface area contributed by atoms with Crippen molar-refractivity contribution >= 4 is 33.6 Å². The topological polar surface area (TPSA) is 72.4 Å². The van der Waals surface area contributed by atoms with Crippen molar-refractivity contribution < 1.29 is 13.7 Å². The molecule has 1 aromatic heterocycles. The first-order valence-corrected chi connectivity index (χ1v) is 12.6. The minimum absolute atomic E-state index is 0.429. The number of nitrogens with one attached hydrogen (secondary N) is 2. The van der Waals surface area contributed by atoms with Crippen LogP contribution in [0.15, 0.2) is 60.3 Å². The van der Waals surface area contributed by atoms with Gasteiger partial charge in [-0.3, -0.25) is 3.97 Å². The van der Waals surface area contributed by atoms with Crippen LogP contribution in [0.1, 0.15) is 36.6 Å². The van der Waals surface area contributed by atoms with E-state index in [1.165, 1.54) is 32.9 Å². The number of nitrogens with zero attached hydrogens (tertiary/aromatic N) is 1. The van der Waals surface area contributed by atoms with Crippen molar-refractivity contribution in [2.75, 3.05) is 25.0 Å². The number of carbonyl (C=O) groups is 1. The number of aldehydes is 1. The zero-order valence-electron chi connectivity index (χ0n) is 19.9. The standard InChI is InChI=1S/C20H22N2O2S.C4H9N.C2H4O/c1-6-7-8-19-16(4)14(2)12-22(19)25(5,23)17-9-10-20-18(11-17)21-15(3)13-24-20;1-2-4-5-3-1;1-2-3/h6-12,21H,1,3,5,13H2,2,4H3;5H,1-4H2;2H,1H3/b8-7-;;. The molecule has 178 valence electrons. The summed E-state index contributed by atoms with van der Waals surface area (Å²) in [5.74, 6) is 4.76. The third-order valence-corrected chi connectivity index (χ3v) is 7.15. The van der Waals surface area contributed by atoms with Gasteiger partial charge in [0.1, 0.15) is 18.6 Å². The third kappa shape index (κ3) is 6.73. The van der Waals surface area contributed by atoms with Gasteiger partial charge in [0.05, 0.1) is 26.0 Å². The number of benzene rings is 1. The van der Waals surface area contributed by atoms with Crippen LogP contribution in [0.2, 0.25) is 0 Å². The SMILES string of the molecule is C1CCNC1.C=C/C=C\c1c(C)c(C)cn1S(=C)(=O)c1ccc2c(c1)NC(=C)CO2.CC=O. The molecule has 3 heterocycles. The molecule has 2 aliphatic heterocycles. The van der Waals surface area contributed by atoms with Crippen molar-refractivity contribution in [3.8, 4) is 5.75 Å². The Hall–Kier alpha value is -3.03. The summed E-state index contributed by atoms with van der Waals surface area (Å²) in [7, 11) is -2.75. The van der Waals surface area contributed by atoms with E-state index in [1.54, 1.807) is 16.1 Å². The largest absolute Gasteiger partial charge is 0.485 e. The monoisotopic (exact) mass is 469 g/mol. The summed E-state index contributed by atoms with van der Waals surface area (Å²) < 4.78 is 21.0. The lowest BCUT2D eigenvalue weighted by Gasteiger charge is -2.22. The zero-order chi connectivity index (χ0) is 24.4. The second kappa shape index (κ2) is 12.3. The smallest absolute Gasteiger partial charge is 0.143 e. The van der Waals surface area contributed by atoms with Gasteiger partial charge in [-0.1, -0.05) is 25.3 Å². The predicted octanol–water partition coefficient (Wildman–Crippen LogP) is 4.74. The summed E-state index contributed by atoms with van der Waals surface area (Å²) in [6, 6.07) is 5.44. The van der Waals surface area contributed by atoms with Gasteiger partial charge in [-0.15, -0.1) is 0 Å². The van der Waals surface area contributed by atoms with Gasteiger partial charge in [0.25, 0.3) is 0 Å². The van der Waals surface area contributed by atoms with Crippen LogP contribution in [0.3, 0.4) is 0 Å². The maximum absolute atomic E-state index is 13.6. The van der Waals surface area contributed by atoms with Gasteiger partial charge < -0.3 is 20.2 Å². The predicted molar refractivity (Wildman–Crippen MR) is 141 cm³/mol. The fourth-order valence-corrected chi connectivity index (χ4v) is 5.03. The molecule has 0 bridgehead atoms. The van der Waals surface area contributed by atoms with Crippen molar-refractivity contribution in [3.63, 3.8) is 0 Å². The molecule has 2 aromatic rings. The van der Waals surface area contributed by atoms with Gasteiger partial charge in [0.2, 0.25) is 0 Å². The minimum Gasteiger partial charge on any atom is -0.485 e. The number of rotatable bonds is 4. The third-order valence-electron chi connectivity index (χ3n) is 5.22. The van der Waals surface area contributed by atoms with E-state index in [1.807, 2.05) is 44.3 Å². The molecule has 2 aliphatic rings. The highest BCUT2D eigenvalue weighted by molar-refractivity contribution is 7.99. The molecule has 0 saturated carbocycles. The molecule has 33 heavy (non-hydrogen) atoms.